The van der Waals surface area contributed by atoms with Crippen molar-refractivity contribution in [2.75, 3.05) is 13.6 Å². The summed E-state index contributed by atoms with van der Waals surface area (Å²) in [6.07, 6.45) is 0. The third kappa shape index (κ3) is 2.18. The second-order valence-corrected chi connectivity index (χ2v) is 3.82. The van der Waals surface area contributed by atoms with E-state index in [0.717, 1.165) is 11.3 Å². The van der Waals surface area contributed by atoms with Crippen molar-refractivity contribution in [3.63, 3.8) is 0 Å². The summed E-state index contributed by atoms with van der Waals surface area (Å²) in [6, 6.07) is 0.0221. The molecular formula is C10H18N4O. The lowest BCUT2D eigenvalue weighted by Gasteiger charge is -2.22. The van der Waals surface area contributed by atoms with Gasteiger partial charge in [-0.15, -0.1) is 0 Å². The lowest BCUT2D eigenvalue weighted by atomic mass is 10.2. The number of amides is 1. The molecule has 0 radical (unpaired) electrons. The molecule has 1 amide bonds. The van der Waals surface area contributed by atoms with Crippen LogP contribution in [0.4, 0.5) is 0 Å². The molecule has 1 aromatic rings. The van der Waals surface area contributed by atoms with Crippen LogP contribution in [-0.4, -0.2) is 40.6 Å². The van der Waals surface area contributed by atoms with E-state index in [1.54, 1.807) is 11.9 Å². The van der Waals surface area contributed by atoms with Crippen LogP contribution in [0.5, 0.6) is 0 Å². The maximum Gasteiger partial charge on any atom is 0.274 e. The molecule has 0 aromatic carbocycles. The smallest absolute Gasteiger partial charge is 0.274 e. The van der Waals surface area contributed by atoms with E-state index in [0.29, 0.717) is 12.2 Å². The zero-order chi connectivity index (χ0) is 11.6. The zero-order valence-electron chi connectivity index (χ0n) is 9.66. The minimum Gasteiger partial charge on any atom is -0.336 e. The summed E-state index contributed by atoms with van der Waals surface area (Å²) < 4.78 is 0. The van der Waals surface area contributed by atoms with E-state index >= 15 is 0 Å². The van der Waals surface area contributed by atoms with Crippen LogP contribution >= 0.6 is 0 Å². The standard InChI is InChI=1S/C10H18N4O/c1-6(5-11)14(4)10(15)9-7(2)8(3)12-13-9/h6H,5,11H2,1-4H3,(H,12,13). The number of likely N-dealkylation sites (N-methyl/N-ethyl adjacent to an activating group) is 1. The summed E-state index contributed by atoms with van der Waals surface area (Å²) >= 11 is 0. The maximum absolute atomic E-state index is 12.0. The number of carbonyl (C=O) groups excluding carboxylic acids is 1. The Bertz CT molecular complexity index is 358. The van der Waals surface area contributed by atoms with Crippen LogP contribution < -0.4 is 5.73 Å². The summed E-state index contributed by atoms with van der Waals surface area (Å²) in [4.78, 5) is 13.6. The molecule has 1 rings (SSSR count). The fourth-order valence-corrected chi connectivity index (χ4v) is 1.22. The number of carbonyl (C=O) groups is 1. The number of aromatic amines is 1. The molecule has 3 N–H and O–H groups in total. The third-order valence-corrected chi connectivity index (χ3v) is 2.78. The molecule has 0 aliphatic carbocycles. The average Bonchev–Trinajstić information content (AvgIpc) is 2.56. The van der Waals surface area contributed by atoms with Crippen molar-refractivity contribution in [1.29, 1.82) is 0 Å². The molecular weight excluding hydrogens is 192 g/mol. The van der Waals surface area contributed by atoms with E-state index < -0.39 is 0 Å². The second kappa shape index (κ2) is 4.44. The van der Waals surface area contributed by atoms with Crippen LogP contribution in [-0.2, 0) is 0 Å². The van der Waals surface area contributed by atoms with Gasteiger partial charge < -0.3 is 10.6 Å². The van der Waals surface area contributed by atoms with E-state index in [2.05, 4.69) is 10.2 Å². The number of hydrogen-bond acceptors (Lipinski definition) is 3. The van der Waals surface area contributed by atoms with Gasteiger partial charge >= 0.3 is 0 Å². The number of hydrogen-bond donors (Lipinski definition) is 2. The first kappa shape index (κ1) is 11.7. The highest BCUT2D eigenvalue weighted by Gasteiger charge is 2.21. The van der Waals surface area contributed by atoms with Gasteiger partial charge in [-0.3, -0.25) is 9.89 Å². The average molecular weight is 210 g/mol. The van der Waals surface area contributed by atoms with Gasteiger partial charge in [0, 0.05) is 30.9 Å². The van der Waals surface area contributed by atoms with E-state index in [-0.39, 0.29) is 11.9 Å². The molecule has 0 fully saturated rings. The van der Waals surface area contributed by atoms with Crippen LogP contribution in [0.3, 0.4) is 0 Å². The Hall–Kier alpha value is -1.36. The molecule has 5 nitrogen and oxygen atoms in total. The first-order chi connectivity index (χ1) is 6.99. The molecule has 0 spiro atoms. The normalized spacial score (nSPS) is 12.6. The van der Waals surface area contributed by atoms with Gasteiger partial charge in [0.2, 0.25) is 0 Å². The molecule has 1 aromatic heterocycles. The summed E-state index contributed by atoms with van der Waals surface area (Å²) in [5, 5.41) is 6.80. The van der Waals surface area contributed by atoms with Gasteiger partial charge in [0.15, 0.2) is 5.69 Å². The van der Waals surface area contributed by atoms with Crippen LogP contribution in [0.25, 0.3) is 0 Å². The number of nitrogens with two attached hydrogens (primary N) is 1. The quantitative estimate of drug-likeness (QED) is 0.760. The number of H-pyrrole nitrogens is 1. The molecule has 1 heterocycles. The minimum atomic E-state index is -0.0881. The second-order valence-electron chi connectivity index (χ2n) is 3.82. The van der Waals surface area contributed by atoms with Crippen molar-refractivity contribution in [3.8, 4) is 0 Å². The Morgan fingerprint density at radius 2 is 2.20 bits per heavy atom. The summed E-state index contributed by atoms with van der Waals surface area (Å²) in [5.74, 6) is -0.0881. The van der Waals surface area contributed by atoms with Gasteiger partial charge in [-0.05, 0) is 20.8 Å². The first-order valence-electron chi connectivity index (χ1n) is 4.97. The SMILES string of the molecule is Cc1[nH]nc(C(=O)N(C)C(C)CN)c1C. The van der Waals surface area contributed by atoms with Crippen molar-refractivity contribution < 1.29 is 4.79 Å². The van der Waals surface area contributed by atoms with Crippen molar-refractivity contribution in [3.05, 3.63) is 17.0 Å². The van der Waals surface area contributed by atoms with Crippen molar-refractivity contribution in [2.45, 2.75) is 26.8 Å². The molecule has 1 unspecified atom stereocenters. The third-order valence-electron chi connectivity index (χ3n) is 2.78. The largest absolute Gasteiger partial charge is 0.336 e. The van der Waals surface area contributed by atoms with Crippen molar-refractivity contribution in [1.82, 2.24) is 15.1 Å². The lowest BCUT2D eigenvalue weighted by Crippen LogP contribution is -2.40. The number of aryl methyl sites for hydroxylation is 1. The first-order valence-corrected chi connectivity index (χ1v) is 4.97. The summed E-state index contributed by atoms with van der Waals surface area (Å²) in [7, 11) is 1.74. The fraction of sp³-hybridized carbons (Fsp3) is 0.600. The Labute approximate surface area is 89.6 Å². The lowest BCUT2D eigenvalue weighted by molar-refractivity contribution is 0.0741. The van der Waals surface area contributed by atoms with Gasteiger partial charge in [0.05, 0.1) is 0 Å². The van der Waals surface area contributed by atoms with E-state index in [4.69, 9.17) is 5.73 Å². The van der Waals surface area contributed by atoms with E-state index in [1.807, 2.05) is 20.8 Å². The number of aromatic nitrogens is 2. The number of nitrogens with zero attached hydrogens (tertiary/aromatic N) is 2. The molecule has 84 valence electrons. The maximum atomic E-state index is 12.0. The highest BCUT2D eigenvalue weighted by molar-refractivity contribution is 5.93. The van der Waals surface area contributed by atoms with Crippen LogP contribution in [0, 0.1) is 13.8 Å². The highest BCUT2D eigenvalue weighted by atomic mass is 16.2. The molecule has 0 saturated heterocycles. The molecule has 0 aliphatic rings. The van der Waals surface area contributed by atoms with Crippen molar-refractivity contribution in [2.24, 2.45) is 5.73 Å². The molecule has 5 heteroatoms. The zero-order valence-corrected chi connectivity index (χ0v) is 9.66. The molecule has 0 saturated carbocycles. The Morgan fingerprint density at radius 3 is 2.60 bits per heavy atom. The minimum absolute atomic E-state index is 0.0221. The van der Waals surface area contributed by atoms with Gasteiger partial charge in [-0.2, -0.15) is 5.10 Å². The Kier molecular flexibility index (Phi) is 3.47. The Morgan fingerprint density at radius 1 is 1.60 bits per heavy atom. The van der Waals surface area contributed by atoms with Crippen LogP contribution in [0.1, 0.15) is 28.7 Å². The number of rotatable bonds is 3. The Balaban J connectivity index is 2.90. The predicted octanol–water partition coefficient (Wildman–Crippen LogP) is 0.446. The topological polar surface area (TPSA) is 75.0 Å². The fourth-order valence-electron chi connectivity index (χ4n) is 1.22. The van der Waals surface area contributed by atoms with Crippen LogP contribution in [0.15, 0.2) is 0 Å². The highest BCUT2D eigenvalue weighted by Crippen LogP contribution is 2.11. The van der Waals surface area contributed by atoms with Gasteiger partial charge in [0.25, 0.3) is 5.91 Å². The van der Waals surface area contributed by atoms with Gasteiger partial charge in [-0.25, -0.2) is 0 Å². The van der Waals surface area contributed by atoms with E-state index in [1.165, 1.54) is 0 Å². The molecule has 15 heavy (non-hydrogen) atoms. The molecule has 0 aliphatic heterocycles. The monoisotopic (exact) mass is 210 g/mol. The summed E-state index contributed by atoms with van der Waals surface area (Å²) in [5.41, 5.74) is 7.81. The summed E-state index contributed by atoms with van der Waals surface area (Å²) in [6.45, 7) is 6.13. The van der Waals surface area contributed by atoms with Gasteiger partial charge in [-0.1, -0.05) is 0 Å². The molecule has 0 bridgehead atoms. The van der Waals surface area contributed by atoms with Crippen LogP contribution in [0.2, 0.25) is 0 Å². The van der Waals surface area contributed by atoms with Gasteiger partial charge in [0.1, 0.15) is 0 Å². The van der Waals surface area contributed by atoms with E-state index in [9.17, 15) is 4.79 Å². The number of nitrogens with one attached hydrogen (secondary N) is 1. The van der Waals surface area contributed by atoms with Crippen molar-refractivity contribution >= 4 is 5.91 Å². The predicted molar refractivity (Wildman–Crippen MR) is 58.7 cm³/mol. The molecule has 1 atom stereocenters.